The van der Waals surface area contributed by atoms with E-state index in [1.165, 1.54) is 98.7 Å². The lowest BCUT2D eigenvalue weighted by molar-refractivity contribution is 0.341. The van der Waals surface area contributed by atoms with E-state index in [9.17, 15) is 0 Å². The molecule has 0 heterocycles. The Hall–Kier alpha value is 0. The van der Waals surface area contributed by atoms with Crippen molar-refractivity contribution in [1.29, 1.82) is 0 Å². The van der Waals surface area contributed by atoms with Gasteiger partial charge in [0.05, 0.1) is 0 Å². The number of hydrogen-bond acceptors (Lipinski definition) is 0. The summed E-state index contributed by atoms with van der Waals surface area (Å²) in [5.74, 6) is 18.7. The van der Waals surface area contributed by atoms with Gasteiger partial charge in [0.15, 0.2) is 0 Å². The third kappa shape index (κ3) is 6.82. The SMILES string of the molecule is CCCCCC1CC1C1CC1C1CC1C1CC1C1CC1CC(C)C1C(C)C1C(C)CCCCCC(C)C(C)C. The van der Waals surface area contributed by atoms with Gasteiger partial charge in [0.25, 0.3) is 0 Å². The molecule has 224 valence electrons. The second-order valence-electron chi connectivity index (χ2n) is 17.6. The monoisotopic (exact) mass is 537 g/mol. The summed E-state index contributed by atoms with van der Waals surface area (Å²) in [6.45, 7) is 17.4. The zero-order valence-corrected chi connectivity index (χ0v) is 27.4. The second kappa shape index (κ2) is 11.9. The predicted octanol–water partition coefficient (Wildman–Crippen LogP) is 11.5. The number of rotatable bonds is 19. The molecule has 6 saturated carbocycles. The van der Waals surface area contributed by atoms with Crippen LogP contribution in [0.5, 0.6) is 0 Å². The van der Waals surface area contributed by atoms with E-state index < -0.39 is 0 Å². The van der Waals surface area contributed by atoms with Crippen LogP contribution in [0.4, 0.5) is 0 Å². The van der Waals surface area contributed by atoms with Gasteiger partial charge < -0.3 is 0 Å². The molecule has 39 heavy (non-hydrogen) atoms. The fourth-order valence-electron chi connectivity index (χ4n) is 11.1. The molecule has 6 fully saturated rings. The fourth-order valence-corrected chi connectivity index (χ4v) is 11.1. The molecule has 6 aliphatic rings. The van der Waals surface area contributed by atoms with Crippen LogP contribution >= 0.6 is 0 Å². The summed E-state index contributed by atoms with van der Waals surface area (Å²) in [5, 5.41) is 0. The topological polar surface area (TPSA) is 0 Å². The summed E-state index contributed by atoms with van der Waals surface area (Å²) in [6, 6.07) is 0. The van der Waals surface area contributed by atoms with Gasteiger partial charge in [-0.25, -0.2) is 0 Å². The fraction of sp³-hybridized carbons (Fsp3) is 1.00. The Morgan fingerprint density at radius 3 is 1.69 bits per heavy atom. The number of hydrogen-bond donors (Lipinski definition) is 0. The molecule has 6 rings (SSSR count). The van der Waals surface area contributed by atoms with Crippen LogP contribution in [-0.2, 0) is 0 Å². The van der Waals surface area contributed by atoms with Crippen molar-refractivity contribution in [3.05, 3.63) is 0 Å². The van der Waals surface area contributed by atoms with Crippen molar-refractivity contribution in [3.63, 3.8) is 0 Å². The zero-order valence-electron chi connectivity index (χ0n) is 27.4. The predicted molar refractivity (Wildman–Crippen MR) is 168 cm³/mol. The van der Waals surface area contributed by atoms with Crippen LogP contribution in [0, 0.1) is 101 Å². The van der Waals surface area contributed by atoms with Gasteiger partial charge in [-0.05, 0) is 139 Å². The van der Waals surface area contributed by atoms with Crippen LogP contribution in [0.1, 0.15) is 145 Å². The minimum Gasteiger partial charge on any atom is -0.0654 e. The first-order valence-electron chi connectivity index (χ1n) is 18.8. The van der Waals surface area contributed by atoms with Crippen molar-refractivity contribution in [2.24, 2.45) is 101 Å². The van der Waals surface area contributed by atoms with Crippen molar-refractivity contribution in [2.45, 2.75) is 145 Å². The smallest absolute Gasteiger partial charge is 0.0326 e. The quantitative estimate of drug-likeness (QED) is 0.144. The Kier molecular flexibility index (Phi) is 8.91. The Morgan fingerprint density at radius 2 is 1.08 bits per heavy atom. The third-order valence-electron chi connectivity index (χ3n) is 14.5. The molecule has 16 unspecified atom stereocenters. The summed E-state index contributed by atoms with van der Waals surface area (Å²) in [4.78, 5) is 0. The van der Waals surface area contributed by atoms with Gasteiger partial charge in [0, 0.05) is 0 Å². The van der Waals surface area contributed by atoms with E-state index in [0.717, 1.165) is 53.3 Å². The van der Waals surface area contributed by atoms with Crippen molar-refractivity contribution in [3.8, 4) is 0 Å². The third-order valence-corrected chi connectivity index (χ3v) is 14.5. The second-order valence-corrected chi connectivity index (χ2v) is 17.6. The highest BCUT2D eigenvalue weighted by atomic mass is 14.7. The van der Waals surface area contributed by atoms with E-state index in [0.29, 0.717) is 0 Å². The molecule has 6 aliphatic carbocycles. The van der Waals surface area contributed by atoms with Gasteiger partial charge in [-0.2, -0.15) is 0 Å². The molecular formula is C39H68. The van der Waals surface area contributed by atoms with E-state index in [-0.39, 0.29) is 0 Å². The summed E-state index contributed by atoms with van der Waals surface area (Å²) < 4.78 is 0. The summed E-state index contributed by atoms with van der Waals surface area (Å²) in [6.07, 6.45) is 23.1. The molecule has 0 radical (unpaired) electrons. The molecule has 0 N–H and O–H groups in total. The maximum atomic E-state index is 2.65. The molecule has 0 aromatic rings. The standard InChI is InChI=1S/C39H68/c1-8-9-11-16-28-18-30(28)32-20-34(32)36-22-37(36)35-21-33(35)31-19-29(31)17-26(6)39-27(7)38(39)25(5)15-13-10-12-14-24(4)23(2)3/h23-39H,8-22H2,1-7H3. The highest BCUT2D eigenvalue weighted by molar-refractivity contribution is 5.15. The van der Waals surface area contributed by atoms with E-state index in [1.54, 1.807) is 44.9 Å². The molecule has 0 nitrogen and oxygen atoms in total. The molecule has 0 amide bonds. The number of unbranched alkanes of at least 4 members (excludes halogenated alkanes) is 4. The Labute approximate surface area is 245 Å². The Morgan fingerprint density at radius 1 is 0.538 bits per heavy atom. The van der Waals surface area contributed by atoms with Crippen molar-refractivity contribution in [1.82, 2.24) is 0 Å². The van der Waals surface area contributed by atoms with Crippen LogP contribution in [0.3, 0.4) is 0 Å². The van der Waals surface area contributed by atoms with Gasteiger partial charge >= 0.3 is 0 Å². The van der Waals surface area contributed by atoms with Crippen molar-refractivity contribution < 1.29 is 0 Å². The van der Waals surface area contributed by atoms with Crippen LogP contribution < -0.4 is 0 Å². The first-order valence-corrected chi connectivity index (χ1v) is 18.8. The molecular weight excluding hydrogens is 468 g/mol. The first kappa shape index (κ1) is 29.1. The van der Waals surface area contributed by atoms with Gasteiger partial charge in [-0.1, -0.05) is 106 Å². The highest BCUT2D eigenvalue weighted by Crippen LogP contribution is 2.73. The van der Waals surface area contributed by atoms with E-state index in [4.69, 9.17) is 0 Å². The molecule has 0 spiro atoms. The van der Waals surface area contributed by atoms with Gasteiger partial charge in [0.2, 0.25) is 0 Å². The Balaban J connectivity index is 0.832. The Bertz CT molecular complexity index is 796. The summed E-state index contributed by atoms with van der Waals surface area (Å²) >= 11 is 0. The molecule has 0 aromatic carbocycles. The minimum absolute atomic E-state index is 0.858. The summed E-state index contributed by atoms with van der Waals surface area (Å²) in [7, 11) is 0. The van der Waals surface area contributed by atoms with Crippen LogP contribution in [0.2, 0.25) is 0 Å². The van der Waals surface area contributed by atoms with Crippen molar-refractivity contribution >= 4 is 0 Å². The van der Waals surface area contributed by atoms with Gasteiger partial charge in [0.1, 0.15) is 0 Å². The lowest BCUT2D eigenvalue weighted by Gasteiger charge is -2.16. The van der Waals surface area contributed by atoms with E-state index in [2.05, 4.69) is 48.5 Å². The largest absolute Gasteiger partial charge is 0.0654 e. The van der Waals surface area contributed by atoms with Gasteiger partial charge in [-0.3, -0.25) is 0 Å². The normalized spacial score (nSPS) is 47.5. The lowest BCUT2D eigenvalue weighted by Crippen LogP contribution is -2.07. The van der Waals surface area contributed by atoms with Gasteiger partial charge in [-0.15, -0.1) is 0 Å². The molecule has 0 aromatic heterocycles. The summed E-state index contributed by atoms with van der Waals surface area (Å²) in [5.41, 5.74) is 0. The molecule has 0 aliphatic heterocycles. The maximum Gasteiger partial charge on any atom is -0.0326 e. The average molecular weight is 537 g/mol. The zero-order chi connectivity index (χ0) is 27.4. The van der Waals surface area contributed by atoms with E-state index >= 15 is 0 Å². The van der Waals surface area contributed by atoms with Crippen LogP contribution in [0.15, 0.2) is 0 Å². The van der Waals surface area contributed by atoms with E-state index in [1.807, 2.05) is 0 Å². The molecule has 0 bridgehead atoms. The minimum atomic E-state index is 0.858. The van der Waals surface area contributed by atoms with Crippen LogP contribution in [-0.4, -0.2) is 0 Å². The van der Waals surface area contributed by atoms with Crippen LogP contribution in [0.25, 0.3) is 0 Å². The molecule has 0 saturated heterocycles. The highest BCUT2D eigenvalue weighted by Gasteiger charge is 2.66. The molecule has 16 atom stereocenters. The molecule has 0 heteroatoms. The average Bonchev–Trinajstić information content (AvgIpc) is 3.63. The maximum absolute atomic E-state index is 2.65. The lowest BCUT2D eigenvalue weighted by atomic mass is 9.89. The first-order chi connectivity index (χ1) is 18.8. The van der Waals surface area contributed by atoms with Crippen molar-refractivity contribution in [2.75, 3.05) is 0 Å².